The van der Waals surface area contributed by atoms with E-state index < -0.39 is 0 Å². The number of benzene rings is 1. The summed E-state index contributed by atoms with van der Waals surface area (Å²) in [5.41, 5.74) is 2.12. The van der Waals surface area contributed by atoms with Gasteiger partial charge in [-0.1, -0.05) is 11.6 Å². The van der Waals surface area contributed by atoms with Crippen molar-refractivity contribution >= 4 is 28.8 Å². The third kappa shape index (κ3) is 3.13. The minimum atomic E-state index is 0.0685. The lowest BCUT2D eigenvalue weighted by Crippen LogP contribution is -2.26. The van der Waals surface area contributed by atoms with Crippen LogP contribution in [0.4, 0.5) is 0 Å². The van der Waals surface area contributed by atoms with Gasteiger partial charge in [-0.15, -0.1) is 11.3 Å². The molecule has 1 saturated carbocycles. The van der Waals surface area contributed by atoms with Gasteiger partial charge in [0.25, 0.3) is 5.91 Å². The van der Waals surface area contributed by atoms with Crippen LogP contribution in [-0.4, -0.2) is 25.0 Å². The molecule has 0 saturated heterocycles. The van der Waals surface area contributed by atoms with Crippen molar-refractivity contribution in [3.63, 3.8) is 0 Å². The fourth-order valence-corrected chi connectivity index (χ4v) is 3.75. The molecule has 0 bridgehead atoms. The number of methoxy groups -OCH3 is 1. The monoisotopic (exact) mass is 335 g/mol. The maximum atomic E-state index is 12.7. The first kappa shape index (κ1) is 15.4. The van der Waals surface area contributed by atoms with Crippen LogP contribution in [0.25, 0.3) is 0 Å². The molecule has 1 aliphatic carbocycles. The van der Waals surface area contributed by atoms with Crippen molar-refractivity contribution in [1.82, 2.24) is 4.90 Å². The Balaban J connectivity index is 1.79. The van der Waals surface area contributed by atoms with Gasteiger partial charge < -0.3 is 9.64 Å². The lowest BCUT2D eigenvalue weighted by atomic mass is 10.1. The van der Waals surface area contributed by atoms with Gasteiger partial charge in [0.2, 0.25) is 0 Å². The molecule has 22 heavy (non-hydrogen) atoms. The van der Waals surface area contributed by atoms with Gasteiger partial charge in [0.05, 0.1) is 12.0 Å². The Hall–Kier alpha value is -1.52. The topological polar surface area (TPSA) is 29.5 Å². The van der Waals surface area contributed by atoms with Gasteiger partial charge in [-0.3, -0.25) is 4.79 Å². The molecule has 1 aliphatic rings. The van der Waals surface area contributed by atoms with E-state index in [1.807, 2.05) is 24.6 Å². The normalized spacial score (nSPS) is 14.0. The summed E-state index contributed by atoms with van der Waals surface area (Å²) in [4.78, 5) is 15.3. The van der Waals surface area contributed by atoms with E-state index in [-0.39, 0.29) is 5.91 Å². The molecule has 116 valence electrons. The van der Waals surface area contributed by atoms with Crippen molar-refractivity contribution < 1.29 is 9.53 Å². The van der Waals surface area contributed by atoms with E-state index in [1.54, 1.807) is 18.1 Å². The van der Waals surface area contributed by atoms with E-state index in [0.29, 0.717) is 17.5 Å². The van der Waals surface area contributed by atoms with E-state index in [2.05, 4.69) is 6.07 Å². The largest absolute Gasteiger partial charge is 0.496 e. The summed E-state index contributed by atoms with van der Waals surface area (Å²) in [5.74, 6) is 1.40. The highest BCUT2D eigenvalue weighted by atomic mass is 35.5. The standard InChI is InChI=1S/C17H18ClNO2S/c1-19(10-12-9-13(18)5-6-15(12)21-2)17(20)16-14(7-8-22-16)11-3-4-11/h5-9,11H,3-4,10H2,1-2H3. The number of carbonyl (C=O) groups excluding carboxylic acids is 1. The molecule has 0 radical (unpaired) electrons. The molecule has 0 spiro atoms. The van der Waals surface area contributed by atoms with Crippen molar-refractivity contribution in [2.75, 3.05) is 14.2 Å². The Kier molecular flexibility index (Phi) is 4.41. The number of hydrogen-bond acceptors (Lipinski definition) is 3. The molecule has 1 aromatic heterocycles. The minimum absolute atomic E-state index is 0.0685. The van der Waals surface area contributed by atoms with Gasteiger partial charge in [-0.2, -0.15) is 0 Å². The number of hydrogen-bond donors (Lipinski definition) is 0. The molecule has 1 heterocycles. The molecule has 5 heteroatoms. The van der Waals surface area contributed by atoms with Crippen LogP contribution in [0.2, 0.25) is 5.02 Å². The highest BCUT2D eigenvalue weighted by molar-refractivity contribution is 7.12. The molecule has 1 fully saturated rings. The predicted octanol–water partition coefficient (Wildman–Crippen LogP) is 4.56. The number of nitrogens with zero attached hydrogens (tertiary/aromatic N) is 1. The van der Waals surface area contributed by atoms with Crippen molar-refractivity contribution in [3.8, 4) is 5.75 Å². The van der Waals surface area contributed by atoms with E-state index >= 15 is 0 Å². The molecule has 1 amide bonds. The third-order valence-electron chi connectivity index (χ3n) is 3.90. The Morgan fingerprint density at radius 3 is 2.86 bits per heavy atom. The zero-order valence-electron chi connectivity index (χ0n) is 12.6. The van der Waals surface area contributed by atoms with Crippen molar-refractivity contribution in [2.24, 2.45) is 0 Å². The molecule has 2 aromatic rings. The molecule has 0 aliphatic heterocycles. The minimum Gasteiger partial charge on any atom is -0.496 e. The summed E-state index contributed by atoms with van der Waals surface area (Å²) in [6.45, 7) is 0.477. The van der Waals surface area contributed by atoms with E-state index in [9.17, 15) is 4.79 Å². The summed E-state index contributed by atoms with van der Waals surface area (Å²) < 4.78 is 5.35. The number of ether oxygens (including phenoxy) is 1. The lowest BCUT2D eigenvalue weighted by Gasteiger charge is -2.19. The Bertz CT molecular complexity index is 694. The lowest BCUT2D eigenvalue weighted by molar-refractivity contribution is 0.0788. The zero-order chi connectivity index (χ0) is 15.7. The maximum absolute atomic E-state index is 12.7. The average Bonchev–Trinajstić information content (AvgIpc) is 3.24. The number of thiophene rings is 1. The summed E-state index contributed by atoms with van der Waals surface area (Å²) in [5, 5.41) is 2.65. The van der Waals surface area contributed by atoms with Crippen LogP contribution in [0.3, 0.4) is 0 Å². The highest BCUT2D eigenvalue weighted by Gasteiger charge is 2.30. The van der Waals surface area contributed by atoms with Crippen LogP contribution in [-0.2, 0) is 6.54 Å². The predicted molar refractivity (Wildman–Crippen MR) is 90.1 cm³/mol. The molecular formula is C17H18ClNO2S. The first-order chi connectivity index (χ1) is 10.6. The van der Waals surface area contributed by atoms with Crippen LogP contribution < -0.4 is 4.74 Å². The molecule has 0 atom stereocenters. The van der Waals surface area contributed by atoms with Gasteiger partial charge in [0.15, 0.2) is 0 Å². The summed E-state index contributed by atoms with van der Waals surface area (Å²) in [6, 6.07) is 7.55. The molecule has 0 unspecified atom stereocenters. The van der Waals surface area contributed by atoms with Crippen molar-refractivity contribution in [1.29, 1.82) is 0 Å². The average molecular weight is 336 g/mol. The zero-order valence-corrected chi connectivity index (χ0v) is 14.2. The maximum Gasteiger partial charge on any atom is 0.264 e. The Morgan fingerprint density at radius 1 is 1.41 bits per heavy atom. The van der Waals surface area contributed by atoms with Crippen molar-refractivity contribution in [2.45, 2.75) is 25.3 Å². The van der Waals surface area contributed by atoms with E-state index in [1.165, 1.54) is 29.7 Å². The van der Waals surface area contributed by atoms with Crippen molar-refractivity contribution in [3.05, 3.63) is 50.7 Å². The number of rotatable bonds is 5. The smallest absolute Gasteiger partial charge is 0.264 e. The fourth-order valence-electron chi connectivity index (χ4n) is 2.58. The first-order valence-electron chi connectivity index (χ1n) is 7.25. The highest BCUT2D eigenvalue weighted by Crippen LogP contribution is 2.43. The van der Waals surface area contributed by atoms with Gasteiger partial charge in [0, 0.05) is 24.2 Å². The van der Waals surface area contributed by atoms with E-state index in [4.69, 9.17) is 16.3 Å². The molecular weight excluding hydrogens is 318 g/mol. The fraction of sp³-hybridized carbons (Fsp3) is 0.353. The number of amides is 1. The first-order valence-corrected chi connectivity index (χ1v) is 8.51. The van der Waals surface area contributed by atoms with Gasteiger partial charge in [-0.05, 0) is 54.0 Å². The second-order valence-corrected chi connectivity index (χ2v) is 6.95. The third-order valence-corrected chi connectivity index (χ3v) is 5.06. The quantitative estimate of drug-likeness (QED) is 0.801. The number of carbonyl (C=O) groups is 1. The molecule has 0 N–H and O–H groups in total. The van der Waals surface area contributed by atoms with Crippen LogP contribution in [0.5, 0.6) is 5.75 Å². The number of halogens is 1. The van der Waals surface area contributed by atoms with Gasteiger partial charge >= 0.3 is 0 Å². The van der Waals surface area contributed by atoms with Crippen LogP contribution in [0.15, 0.2) is 29.6 Å². The van der Waals surface area contributed by atoms with E-state index in [0.717, 1.165) is 16.2 Å². The molecule has 3 nitrogen and oxygen atoms in total. The summed E-state index contributed by atoms with van der Waals surface area (Å²) in [6.07, 6.45) is 2.39. The van der Waals surface area contributed by atoms with Crippen LogP contribution in [0, 0.1) is 0 Å². The van der Waals surface area contributed by atoms with Crippen LogP contribution in [0.1, 0.15) is 39.6 Å². The summed E-state index contributed by atoms with van der Waals surface area (Å²) in [7, 11) is 3.44. The Morgan fingerprint density at radius 2 is 2.18 bits per heavy atom. The summed E-state index contributed by atoms with van der Waals surface area (Å²) >= 11 is 7.58. The van der Waals surface area contributed by atoms with Gasteiger partial charge in [0.1, 0.15) is 5.75 Å². The molecule has 1 aromatic carbocycles. The van der Waals surface area contributed by atoms with Crippen LogP contribution >= 0.6 is 22.9 Å². The molecule has 3 rings (SSSR count). The Labute approximate surface area is 139 Å². The second-order valence-electron chi connectivity index (χ2n) is 5.60. The van der Waals surface area contributed by atoms with Gasteiger partial charge in [-0.25, -0.2) is 0 Å². The SMILES string of the molecule is COc1ccc(Cl)cc1CN(C)C(=O)c1sccc1C1CC1. The second kappa shape index (κ2) is 6.31.